The van der Waals surface area contributed by atoms with Crippen LogP contribution in [0.1, 0.15) is 278 Å². The quantitative estimate of drug-likeness (QED) is 0.0146. The molecule has 87 heavy (non-hydrogen) atoms. The number of hydrogen-bond donors (Lipinski definition) is 4. The van der Waals surface area contributed by atoms with Crippen molar-refractivity contribution in [2.75, 3.05) is 39.6 Å². The Hall–Kier alpha value is -3.27. The van der Waals surface area contributed by atoms with E-state index in [-0.39, 0.29) is 19.3 Å². The van der Waals surface area contributed by atoms with E-state index in [1.165, 1.54) is 77.0 Å². The Morgan fingerprint density at radius 1 is 0.333 bits per heavy atom. The zero-order valence-electron chi connectivity index (χ0n) is 54.4. The molecule has 0 saturated carbocycles. The maximum absolute atomic E-state index is 12.9. The molecule has 0 bridgehead atoms. The molecule has 0 saturated heterocycles. The highest BCUT2D eigenvalue weighted by molar-refractivity contribution is 7.47. The molecule has 0 heterocycles. The van der Waals surface area contributed by atoms with E-state index in [1.54, 1.807) is 0 Å². The van der Waals surface area contributed by atoms with Crippen LogP contribution in [0.25, 0.3) is 0 Å². The molecule has 0 aromatic rings. The maximum Gasteiger partial charge on any atom is 0.472 e. The second-order valence-corrected chi connectivity index (χ2v) is 25.5. The molecule has 4 N–H and O–H groups in total. The monoisotopic (exact) mass is 1270 g/mol. The fourth-order valence-electron chi connectivity index (χ4n) is 8.92. The topological polar surface area (TPSA) is 231 Å². The highest BCUT2D eigenvalue weighted by atomic mass is 31.2. The molecule has 0 aliphatic rings. The lowest BCUT2D eigenvalue weighted by atomic mass is 10.0. The van der Waals surface area contributed by atoms with E-state index in [9.17, 15) is 43.5 Å². The molecule has 0 rings (SSSR count). The maximum atomic E-state index is 12.9. The zero-order chi connectivity index (χ0) is 63.8. The molecule has 5 unspecified atom stereocenters. The van der Waals surface area contributed by atoms with Crippen LogP contribution in [0.15, 0.2) is 85.1 Å². The molecule has 0 aliphatic heterocycles. The van der Waals surface area contributed by atoms with Gasteiger partial charge in [-0.2, -0.15) is 0 Å². The van der Waals surface area contributed by atoms with Gasteiger partial charge in [0, 0.05) is 19.3 Å². The Bertz CT molecular complexity index is 1930. The van der Waals surface area contributed by atoms with Crippen molar-refractivity contribution in [3.63, 3.8) is 0 Å². The van der Waals surface area contributed by atoms with Gasteiger partial charge in [0.15, 0.2) is 6.10 Å². The van der Waals surface area contributed by atoms with Gasteiger partial charge in [0.05, 0.1) is 26.4 Å². The van der Waals surface area contributed by atoms with Crippen LogP contribution in [0.4, 0.5) is 0 Å². The van der Waals surface area contributed by atoms with Crippen molar-refractivity contribution in [2.45, 2.75) is 296 Å². The molecule has 16 nitrogen and oxygen atoms in total. The van der Waals surface area contributed by atoms with Gasteiger partial charge in [-0.25, -0.2) is 9.13 Å². The van der Waals surface area contributed by atoms with Crippen molar-refractivity contribution in [3.05, 3.63) is 85.1 Å². The number of unbranched alkanes of at least 4 members (excludes halogenated alkanes) is 27. The molecule has 5 atom stereocenters. The van der Waals surface area contributed by atoms with Crippen LogP contribution in [-0.2, 0) is 55.8 Å². The first-order chi connectivity index (χ1) is 42.2. The van der Waals surface area contributed by atoms with Crippen LogP contribution in [0.5, 0.6) is 0 Å². The first-order valence-corrected chi connectivity index (χ1v) is 36.9. The Morgan fingerprint density at radius 3 is 0.989 bits per heavy atom. The number of ether oxygens (including phenoxy) is 3. The van der Waals surface area contributed by atoms with Gasteiger partial charge in [0.25, 0.3) is 0 Å². The number of rotatable bonds is 64. The van der Waals surface area contributed by atoms with Crippen molar-refractivity contribution < 1.29 is 75.8 Å². The fraction of sp³-hybridized carbons (Fsp3) is 0.754. The van der Waals surface area contributed by atoms with Crippen molar-refractivity contribution in [2.24, 2.45) is 0 Å². The van der Waals surface area contributed by atoms with E-state index < -0.39 is 91.5 Å². The first-order valence-electron chi connectivity index (χ1n) is 33.9. The number of carbonyl (C=O) groups is 3. The summed E-state index contributed by atoms with van der Waals surface area (Å²) in [6.07, 6.45) is 66.4. The third kappa shape index (κ3) is 64.1. The highest BCUT2D eigenvalue weighted by Gasteiger charge is 2.29. The molecular weight excluding hydrogens is 1150 g/mol. The van der Waals surface area contributed by atoms with Gasteiger partial charge in [-0.15, -0.1) is 0 Å². The number of carbonyl (C=O) groups excluding carboxylic acids is 3. The van der Waals surface area contributed by atoms with Crippen molar-refractivity contribution in [3.8, 4) is 0 Å². The number of aliphatic hydroxyl groups is 2. The van der Waals surface area contributed by atoms with E-state index in [4.69, 9.17) is 32.3 Å². The lowest BCUT2D eigenvalue weighted by Gasteiger charge is -2.21. The van der Waals surface area contributed by atoms with Crippen molar-refractivity contribution in [1.82, 2.24) is 0 Å². The number of allylic oxidation sites excluding steroid dienone is 14. The van der Waals surface area contributed by atoms with E-state index in [0.717, 1.165) is 141 Å². The number of phosphoric ester groups is 2. The standard InChI is InChI=1S/C69H122O16P2/c1-4-7-10-13-16-19-22-25-26-27-28-29-30-31-32-33-34-35-36-39-41-43-46-49-52-55-67(72)79-58-64(70)59-81-86(75,76)82-60-65(71)61-83-87(77,78)84-63-66(85-69(74)57-54-51-48-45-42-38-24-21-18-15-12-9-6-3)62-80-68(73)56-53-50-47-44-40-37-23-20-17-14-11-8-5-2/h7,10,16,19-20,23,25-26,28-29,31-32,34-35,64-66,70-71H,4-6,8-9,11-15,17-18,21-22,24,27,30,33,36-63H2,1-3H3,(H,75,76)(H,77,78)/b10-7-,19-16-,23-20-,26-25-,29-28-,32-31-,35-34-. The van der Waals surface area contributed by atoms with E-state index in [2.05, 4.69) is 106 Å². The summed E-state index contributed by atoms with van der Waals surface area (Å²) in [4.78, 5) is 58.2. The Kier molecular flexibility index (Phi) is 60.5. The van der Waals surface area contributed by atoms with Gasteiger partial charge < -0.3 is 34.2 Å². The molecule has 0 aromatic carbocycles. The Labute approximate surface area is 527 Å². The predicted molar refractivity (Wildman–Crippen MR) is 353 cm³/mol. The fourth-order valence-corrected chi connectivity index (χ4v) is 10.5. The van der Waals surface area contributed by atoms with E-state index >= 15 is 0 Å². The van der Waals surface area contributed by atoms with Crippen molar-refractivity contribution in [1.29, 1.82) is 0 Å². The van der Waals surface area contributed by atoms with Gasteiger partial charge in [-0.1, -0.05) is 247 Å². The molecule has 0 radical (unpaired) electrons. The molecule has 18 heteroatoms. The predicted octanol–water partition coefficient (Wildman–Crippen LogP) is 18.5. The average molecular weight is 1270 g/mol. The smallest absolute Gasteiger partial charge is 0.463 e. The summed E-state index contributed by atoms with van der Waals surface area (Å²) in [5, 5.41) is 20.5. The van der Waals surface area contributed by atoms with E-state index in [1.807, 2.05) is 0 Å². The minimum Gasteiger partial charge on any atom is -0.463 e. The summed E-state index contributed by atoms with van der Waals surface area (Å²) in [5.41, 5.74) is 0. The Balaban J connectivity index is 4.53. The molecule has 0 aliphatic carbocycles. The SMILES string of the molecule is CC/C=C\C/C=C\C/C=C\C/C=C\C/C=C\C/C=C\CCCCCCCCC(=O)OCC(O)COP(=O)(O)OCC(O)COP(=O)(O)OCC(COC(=O)CCCCCCC/C=C\CCCCCC)OC(=O)CCCCCCCCCCCCCCC. The van der Waals surface area contributed by atoms with E-state index in [0.29, 0.717) is 19.3 Å². The normalized spacial score (nSPS) is 14.8. The van der Waals surface area contributed by atoms with Crippen LogP contribution in [0, 0.1) is 0 Å². The van der Waals surface area contributed by atoms with Crippen LogP contribution in [0.2, 0.25) is 0 Å². The number of esters is 3. The summed E-state index contributed by atoms with van der Waals surface area (Å²) in [6, 6.07) is 0. The molecule has 0 aromatic heterocycles. The largest absolute Gasteiger partial charge is 0.472 e. The molecule has 0 amide bonds. The van der Waals surface area contributed by atoms with Gasteiger partial charge in [-0.05, 0) is 96.3 Å². The molecule has 0 fully saturated rings. The van der Waals surface area contributed by atoms with Gasteiger partial charge in [-0.3, -0.25) is 32.5 Å². The van der Waals surface area contributed by atoms with Crippen LogP contribution in [0.3, 0.4) is 0 Å². The van der Waals surface area contributed by atoms with Crippen molar-refractivity contribution >= 4 is 33.6 Å². The van der Waals surface area contributed by atoms with Gasteiger partial charge >= 0.3 is 33.6 Å². The molecule has 0 spiro atoms. The second kappa shape index (κ2) is 62.9. The highest BCUT2D eigenvalue weighted by Crippen LogP contribution is 2.45. The summed E-state index contributed by atoms with van der Waals surface area (Å²) in [6.45, 7) is 2.52. The summed E-state index contributed by atoms with van der Waals surface area (Å²) in [7, 11) is -9.77. The summed E-state index contributed by atoms with van der Waals surface area (Å²) >= 11 is 0. The number of hydrogen-bond acceptors (Lipinski definition) is 14. The minimum atomic E-state index is -4.92. The average Bonchev–Trinajstić information content (AvgIpc) is 3.69. The van der Waals surface area contributed by atoms with Gasteiger partial charge in [0.1, 0.15) is 25.4 Å². The van der Waals surface area contributed by atoms with Crippen LogP contribution in [-0.4, -0.2) is 95.9 Å². The first kappa shape index (κ1) is 83.7. The van der Waals surface area contributed by atoms with Crippen LogP contribution >= 0.6 is 15.6 Å². The zero-order valence-corrected chi connectivity index (χ0v) is 56.2. The third-order valence-corrected chi connectivity index (χ3v) is 16.0. The lowest BCUT2D eigenvalue weighted by molar-refractivity contribution is -0.161. The minimum absolute atomic E-state index is 0.107. The second-order valence-electron chi connectivity index (χ2n) is 22.6. The summed E-state index contributed by atoms with van der Waals surface area (Å²) < 4.78 is 60.8. The number of phosphoric acid groups is 2. The van der Waals surface area contributed by atoms with Crippen LogP contribution < -0.4 is 0 Å². The number of aliphatic hydroxyl groups excluding tert-OH is 2. The summed E-state index contributed by atoms with van der Waals surface area (Å²) in [5.74, 6) is -1.59. The Morgan fingerprint density at radius 2 is 0.609 bits per heavy atom. The molecule has 504 valence electrons. The molecular formula is C69H122O16P2. The lowest BCUT2D eigenvalue weighted by Crippen LogP contribution is -2.30. The van der Waals surface area contributed by atoms with Gasteiger partial charge in [0.2, 0.25) is 0 Å². The third-order valence-electron chi connectivity index (χ3n) is 14.1.